The minimum atomic E-state index is -0.724. The number of nitrogens with one attached hydrogen (secondary N) is 2. The summed E-state index contributed by atoms with van der Waals surface area (Å²) in [5.41, 5.74) is 7.12. The van der Waals surface area contributed by atoms with Crippen LogP contribution >= 0.6 is 0 Å². The van der Waals surface area contributed by atoms with Gasteiger partial charge in [0.15, 0.2) is 5.82 Å². The molecule has 8 heterocycles. The molecule has 6 atom stereocenters. The third-order valence-corrected chi connectivity index (χ3v) is 15.6. The van der Waals surface area contributed by atoms with Crippen molar-refractivity contribution in [1.82, 2.24) is 49.0 Å². The molecule has 358 valence electrons. The predicted octanol–water partition coefficient (Wildman–Crippen LogP) is 7.71. The summed E-state index contributed by atoms with van der Waals surface area (Å²) in [6.45, 7) is 13.7. The molecule has 4 aliphatic heterocycles. The Kier molecular flexibility index (Phi) is 9.93. The second-order valence-electron chi connectivity index (χ2n) is 20.3. The Morgan fingerprint density at radius 2 is 1.68 bits per heavy atom. The van der Waals surface area contributed by atoms with Gasteiger partial charge in [-0.25, -0.2) is 23.1 Å². The number of imidazole rings is 1. The maximum atomic E-state index is 16.6. The van der Waals surface area contributed by atoms with Crippen molar-refractivity contribution in [1.29, 1.82) is 0 Å². The van der Waals surface area contributed by atoms with Gasteiger partial charge in [-0.1, -0.05) is 13.0 Å². The number of halogens is 2. The van der Waals surface area contributed by atoms with Crippen LogP contribution in [-0.4, -0.2) is 88.3 Å². The summed E-state index contributed by atoms with van der Waals surface area (Å²) in [5, 5.41) is 13.7. The van der Waals surface area contributed by atoms with Gasteiger partial charge in [0.2, 0.25) is 0 Å². The number of aryl methyl sites for hydroxylation is 2. The van der Waals surface area contributed by atoms with Crippen LogP contribution < -0.4 is 16.5 Å². The van der Waals surface area contributed by atoms with E-state index in [0.29, 0.717) is 84.3 Å². The molecule has 2 N–H and O–H groups in total. The number of hydrogen-bond donors (Lipinski definition) is 2. The van der Waals surface area contributed by atoms with Crippen LogP contribution in [0.15, 0.2) is 71.9 Å². The number of hydrogen-bond acceptors (Lipinski definition) is 9. The van der Waals surface area contributed by atoms with Gasteiger partial charge in [0.05, 0.1) is 64.0 Å². The lowest BCUT2D eigenvalue weighted by atomic mass is 9.83. The van der Waals surface area contributed by atoms with E-state index in [1.54, 1.807) is 53.7 Å². The molecule has 18 heteroatoms. The molecule has 7 aromatic rings. The van der Waals surface area contributed by atoms with E-state index in [1.165, 1.54) is 27.1 Å². The first kappa shape index (κ1) is 43.6. The summed E-state index contributed by atoms with van der Waals surface area (Å²) in [5.74, 6) is -0.487. The van der Waals surface area contributed by atoms with E-state index in [4.69, 9.17) is 19.4 Å². The van der Waals surface area contributed by atoms with Crippen LogP contribution in [0.25, 0.3) is 39.0 Å². The van der Waals surface area contributed by atoms with E-state index in [-0.39, 0.29) is 46.3 Å². The first-order valence-corrected chi connectivity index (χ1v) is 23.9. The monoisotopic (exact) mass is 940 g/mol. The van der Waals surface area contributed by atoms with Gasteiger partial charge in [-0.3, -0.25) is 23.9 Å². The van der Waals surface area contributed by atoms with Crippen molar-refractivity contribution in [2.45, 2.75) is 109 Å². The summed E-state index contributed by atoms with van der Waals surface area (Å²) in [6.07, 6.45) is 6.93. The Bertz CT molecular complexity index is 3320. The zero-order chi connectivity index (χ0) is 47.8. The average molecular weight is 941 g/mol. The molecule has 0 spiro atoms. The number of aromatic nitrogens is 7. The van der Waals surface area contributed by atoms with Crippen molar-refractivity contribution < 1.29 is 32.7 Å². The van der Waals surface area contributed by atoms with Crippen molar-refractivity contribution in [3.05, 3.63) is 123 Å². The van der Waals surface area contributed by atoms with E-state index in [0.717, 1.165) is 30.2 Å². The second-order valence-corrected chi connectivity index (χ2v) is 20.3. The van der Waals surface area contributed by atoms with Gasteiger partial charge in [0.1, 0.15) is 23.5 Å². The lowest BCUT2D eigenvalue weighted by molar-refractivity contribution is -0.0592. The van der Waals surface area contributed by atoms with Crippen molar-refractivity contribution in [3.8, 4) is 17.2 Å². The highest BCUT2D eigenvalue weighted by atomic mass is 19.1. The second kappa shape index (κ2) is 15.7. The molecule has 3 unspecified atom stereocenters. The molecule has 16 nitrogen and oxygen atoms in total. The van der Waals surface area contributed by atoms with E-state index in [9.17, 15) is 9.59 Å². The fraction of sp³-hybridized carbons (Fsp3) is 0.431. The molecule has 4 aromatic heterocycles. The Balaban J connectivity index is 0.978. The minimum Gasteiger partial charge on any atom is -0.379 e. The normalized spacial score (nSPS) is 25.4. The van der Waals surface area contributed by atoms with Crippen molar-refractivity contribution in [2.75, 3.05) is 26.4 Å². The van der Waals surface area contributed by atoms with Gasteiger partial charge >= 0.3 is 11.8 Å². The highest BCUT2D eigenvalue weighted by Crippen LogP contribution is 2.55. The van der Waals surface area contributed by atoms with Crippen molar-refractivity contribution in [3.63, 3.8) is 0 Å². The fourth-order valence-electron chi connectivity index (χ4n) is 11.9. The van der Waals surface area contributed by atoms with Gasteiger partial charge in [-0.2, -0.15) is 10.2 Å². The first-order valence-electron chi connectivity index (χ1n) is 23.9. The largest absolute Gasteiger partial charge is 0.427 e. The molecule has 5 aliphatic rings. The molecule has 12 rings (SSSR count). The number of ether oxygens (including phenoxy) is 2. The summed E-state index contributed by atoms with van der Waals surface area (Å²) in [4.78, 5) is 50.1. The smallest absolute Gasteiger partial charge is 0.379 e. The van der Waals surface area contributed by atoms with Crippen LogP contribution in [0.5, 0.6) is 0 Å². The number of rotatable bonds is 8. The minimum absolute atomic E-state index is 0.0126. The summed E-state index contributed by atoms with van der Waals surface area (Å²) < 4.78 is 51.6. The van der Waals surface area contributed by atoms with E-state index in [2.05, 4.69) is 59.4 Å². The first-order chi connectivity index (χ1) is 33.1. The summed E-state index contributed by atoms with van der Waals surface area (Å²) in [6, 6.07) is 14.5. The molecule has 0 radical (unpaired) electrons. The average Bonchev–Trinajstić information content (AvgIpc) is 4.10. The van der Waals surface area contributed by atoms with Crippen LogP contribution in [0, 0.1) is 31.4 Å². The number of carbonyl (C=O) groups excluding carboxylic acids is 2. The van der Waals surface area contributed by atoms with Crippen molar-refractivity contribution >= 4 is 33.8 Å². The number of hydroxylamine groups is 1. The van der Waals surface area contributed by atoms with Crippen LogP contribution in [0.4, 0.5) is 13.6 Å². The maximum Gasteiger partial charge on any atom is 0.427 e. The molecule has 2 amide bonds. The number of amides is 2. The Labute approximate surface area is 395 Å². The zero-order valence-electron chi connectivity index (χ0n) is 39.4. The molecule has 4 fully saturated rings. The number of nitrogens with zero attached hydrogens (tertiary/aromatic N) is 8. The van der Waals surface area contributed by atoms with E-state index < -0.39 is 35.3 Å². The van der Waals surface area contributed by atoms with E-state index in [1.807, 2.05) is 17.9 Å². The Morgan fingerprint density at radius 3 is 2.39 bits per heavy atom. The van der Waals surface area contributed by atoms with Crippen LogP contribution in [0.2, 0.25) is 0 Å². The molecule has 69 heavy (non-hydrogen) atoms. The standard InChI is InChI=1S/C51H54F2N10O6/c1-27-19-35(20-28(2)43(27)52)63-45(60-16-15-59(49(60)66)40-10-9-39-36(44(40)53)25-54-62(39)34-13-17-67-26-34)42-30(4)58(14-11-37(42)56-63)46(64)41-22-33-21-31(32-12-18-68-50(5,6)24-32)7-8-38(33)61(41)51(23-29(51)3)47-55-48(65)69-57-47/h7-10,15-16,19-22,25,29-30,32,34,47,57H,11-14,17-18,23-24,26H2,1-6H3,(H,55,65)/t29-,30-,32?,34?,47?,51-/m0/s1. The highest BCUT2D eigenvalue weighted by molar-refractivity contribution is 6.00. The summed E-state index contributed by atoms with van der Waals surface area (Å²) >= 11 is 0. The Hall–Kier alpha value is -6.63. The maximum absolute atomic E-state index is 16.6. The molecular formula is C51H54F2N10O6. The van der Waals surface area contributed by atoms with Crippen LogP contribution in [-0.2, 0) is 26.3 Å². The molecular weight excluding hydrogens is 887 g/mol. The van der Waals surface area contributed by atoms with Crippen LogP contribution in [0.1, 0.15) is 110 Å². The lowest BCUT2D eigenvalue weighted by Gasteiger charge is -2.36. The van der Waals surface area contributed by atoms with Crippen molar-refractivity contribution in [2.24, 2.45) is 5.92 Å². The fourth-order valence-corrected chi connectivity index (χ4v) is 11.9. The lowest BCUT2D eigenvalue weighted by Crippen LogP contribution is -2.49. The topological polar surface area (TPSA) is 157 Å². The molecule has 0 bridgehead atoms. The molecule has 3 saturated heterocycles. The van der Waals surface area contributed by atoms with Gasteiger partial charge in [-0.15, -0.1) is 5.48 Å². The van der Waals surface area contributed by atoms with Gasteiger partial charge in [0.25, 0.3) is 5.91 Å². The van der Waals surface area contributed by atoms with E-state index >= 15 is 13.6 Å². The molecule has 1 saturated carbocycles. The van der Waals surface area contributed by atoms with Gasteiger partial charge in [0, 0.05) is 55.0 Å². The van der Waals surface area contributed by atoms with Gasteiger partial charge < -0.3 is 23.8 Å². The number of carbonyl (C=O) groups is 2. The quantitative estimate of drug-likeness (QED) is 0.156. The third kappa shape index (κ3) is 6.72. The molecule has 3 aromatic carbocycles. The molecule has 1 aliphatic carbocycles. The zero-order valence-corrected chi connectivity index (χ0v) is 39.4. The number of benzene rings is 3. The van der Waals surface area contributed by atoms with Crippen LogP contribution in [0.3, 0.4) is 0 Å². The van der Waals surface area contributed by atoms with Gasteiger partial charge in [-0.05, 0) is 131 Å². The predicted molar refractivity (Wildman–Crippen MR) is 251 cm³/mol. The third-order valence-electron chi connectivity index (χ3n) is 15.6. The Morgan fingerprint density at radius 1 is 0.913 bits per heavy atom. The SMILES string of the molecule is Cc1cc(-n2nc3c(c2-n2ccn(-c4ccc5c(cnn5C5CCOC5)c4F)c2=O)[C@H](C)N(C(=O)c2cc4cc(C5CCOC(C)(C)C5)ccc4n2[C@@]2(C4NOC(=O)N4)C[C@@H]2C)CC3)cc(C)c1F. The number of fused-ring (bicyclic) bond motifs is 3. The highest BCUT2D eigenvalue weighted by Gasteiger charge is 2.62. The summed E-state index contributed by atoms with van der Waals surface area (Å²) in [7, 11) is 0.